The molecule has 0 unspecified atom stereocenters. The minimum Gasteiger partial charge on any atom is -0.506 e. The number of rotatable bonds is 5. The Hall–Kier alpha value is -4.46. The lowest BCUT2D eigenvalue weighted by Crippen LogP contribution is -2.35. The smallest absolute Gasteiger partial charge is 0.323 e. The number of aromatic nitrogens is 1. The van der Waals surface area contributed by atoms with Crippen molar-refractivity contribution in [2.24, 2.45) is 0 Å². The average Bonchev–Trinajstić information content (AvgIpc) is 2.95. The molecule has 7 heteroatoms. The molecule has 0 aliphatic carbocycles. The van der Waals surface area contributed by atoms with Gasteiger partial charge in [-0.15, -0.1) is 0 Å². The lowest BCUT2D eigenvalue weighted by Gasteiger charge is -2.26. The summed E-state index contributed by atoms with van der Waals surface area (Å²) in [7, 11) is 0. The Morgan fingerprint density at radius 3 is 2.32 bits per heavy atom. The first-order valence-electron chi connectivity index (χ1n) is 12.7. The highest BCUT2D eigenvalue weighted by Crippen LogP contribution is 2.34. The van der Waals surface area contributed by atoms with Gasteiger partial charge in [0.05, 0.1) is 30.3 Å². The van der Waals surface area contributed by atoms with Crippen molar-refractivity contribution in [3.8, 4) is 16.9 Å². The molecule has 5 aromatic rings. The summed E-state index contributed by atoms with van der Waals surface area (Å²) < 4.78 is 5.44. The largest absolute Gasteiger partial charge is 0.506 e. The predicted octanol–water partition coefficient (Wildman–Crippen LogP) is 6.24. The standard InChI is InChI=1S/C31H28N4O3/c36-30-18-22-6-2-1-5-21(22)17-29(30)34-31(37)33-28-12-11-25(26-7-3-4-8-27(26)28)23-9-10-24(32-19-23)20-35-13-15-38-16-14-35/h1-12,17-19,36H,13-16,20H2,(H2,33,34,37). The molecule has 0 spiro atoms. The summed E-state index contributed by atoms with van der Waals surface area (Å²) in [6.45, 7) is 4.21. The topological polar surface area (TPSA) is 86.7 Å². The maximum atomic E-state index is 12.9. The van der Waals surface area contributed by atoms with Crippen LogP contribution in [-0.4, -0.2) is 47.3 Å². The number of pyridine rings is 1. The second-order valence-electron chi connectivity index (χ2n) is 9.43. The number of carbonyl (C=O) groups excluding carboxylic acids is 1. The van der Waals surface area contributed by atoms with E-state index in [9.17, 15) is 9.90 Å². The molecule has 3 N–H and O–H groups in total. The molecule has 7 nitrogen and oxygen atoms in total. The van der Waals surface area contributed by atoms with E-state index >= 15 is 0 Å². The molecule has 1 aromatic heterocycles. The maximum Gasteiger partial charge on any atom is 0.323 e. The Bertz CT molecular complexity index is 1610. The number of ether oxygens (including phenoxy) is 1. The van der Waals surface area contributed by atoms with Crippen molar-refractivity contribution >= 4 is 39.0 Å². The highest BCUT2D eigenvalue weighted by atomic mass is 16.5. The third kappa shape index (κ3) is 5.02. The number of amides is 2. The molecule has 38 heavy (non-hydrogen) atoms. The predicted molar refractivity (Wildman–Crippen MR) is 152 cm³/mol. The number of phenols is 1. The first-order valence-corrected chi connectivity index (χ1v) is 12.7. The van der Waals surface area contributed by atoms with Crippen molar-refractivity contribution in [3.63, 3.8) is 0 Å². The summed E-state index contributed by atoms with van der Waals surface area (Å²) >= 11 is 0. The van der Waals surface area contributed by atoms with E-state index in [4.69, 9.17) is 9.72 Å². The van der Waals surface area contributed by atoms with Gasteiger partial charge in [0.2, 0.25) is 0 Å². The minimum atomic E-state index is -0.428. The number of hydrogen-bond acceptors (Lipinski definition) is 5. The van der Waals surface area contributed by atoms with Crippen LogP contribution < -0.4 is 10.6 Å². The molecule has 0 saturated carbocycles. The summed E-state index contributed by atoms with van der Waals surface area (Å²) in [5.74, 6) is 0.0172. The molecule has 2 amide bonds. The molecule has 190 valence electrons. The molecule has 0 atom stereocenters. The van der Waals surface area contributed by atoms with Crippen LogP contribution in [0.3, 0.4) is 0 Å². The van der Waals surface area contributed by atoms with E-state index in [-0.39, 0.29) is 5.75 Å². The second kappa shape index (κ2) is 10.5. The Labute approximate surface area is 220 Å². The van der Waals surface area contributed by atoms with Crippen LogP contribution in [0.25, 0.3) is 32.7 Å². The van der Waals surface area contributed by atoms with Crippen molar-refractivity contribution < 1.29 is 14.6 Å². The van der Waals surface area contributed by atoms with Crippen LogP contribution in [0.5, 0.6) is 5.75 Å². The van der Waals surface area contributed by atoms with Gasteiger partial charge >= 0.3 is 6.03 Å². The van der Waals surface area contributed by atoms with Gasteiger partial charge in [0.15, 0.2) is 0 Å². The normalized spacial score (nSPS) is 14.0. The third-order valence-corrected chi connectivity index (χ3v) is 6.91. The number of fused-ring (bicyclic) bond motifs is 2. The van der Waals surface area contributed by atoms with Crippen LogP contribution in [0, 0.1) is 0 Å². The number of nitrogens with one attached hydrogen (secondary N) is 2. The molecule has 0 bridgehead atoms. The monoisotopic (exact) mass is 504 g/mol. The quantitative estimate of drug-likeness (QED) is 0.247. The average molecular weight is 505 g/mol. The molecular formula is C31H28N4O3. The third-order valence-electron chi connectivity index (χ3n) is 6.91. The number of carbonyl (C=O) groups is 1. The fourth-order valence-electron chi connectivity index (χ4n) is 4.93. The van der Waals surface area contributed by atoms with E-state index in [0.717, 1.165) is 71.2 Å². The lowest BCUT2D eigenvalue weighted by molar-refractivity contribution is 0.0336. The summed E-state index contributed by atoms with van der Waals surface area (Å²) in [5.41, 5.74) is 4.13. The van der Waals surface area contributed by atoms with Gasteiger partial charge < -0.3 is 20.5 Å². The Kier molecular flexibility index (Phi) is 6.60. The lowest BCUT2D eigenvalue weighted by atomic mass is 9.98. The number of anilines is 2. The van der Waals surface area contributed by atoms with E-state index in [1.807, 2.05) is 66.9 Å². The van der Waals surface area contributed by atoms with Crippen molar-refractivity contribution in [1.29, 1.82) is 0 Å². The summed E-state index contributed by atoms with van der Waals surface area (Å²) in [6, 6.07) is 26.7. The molecule has 2 heterocycles. The van der Waals surface area contributed by atoms with Gasteiger partial charge in [-0.05, 0) is 46.0 Å². The maximum absolute atomic E-state index is 12.9. The highest BCUT2D eigenvalue weighted by molar-refractivity contribution is 6.10. The first kappa shape index (κ1) is 23.9. The van der Waals surface area contributed by atoms with E-state index in [1.165, 1.54) is 0 Å². The number of hydrogen-bond donors (Lipinski definition) is 3. The number of aromatic hydroxyl groups is 1. The molecule has 1 fully saturated rings. The zero-order valence-electron chi connectivity index (χ0n) is 20.9. The van der Waals surface area contributed by atoms with Gasteiger partial charge in [-0.2, -0.15) is 0 Å². The Morgan fingerprint density at radius 1 is 0.842 bits per heavy atom. The Morgan fingerprint density at radius 2 is 1.55 bits per heavy atom. The van der Waals surface area contributed by atoms with Crippen LogP contribution in [0.15, 0.2) is 91.1 Å². The van der Waals surface area contributed by atoms with Crippen molar-refractivity contribution in [2.75, 3.05) is 36.9 Å². The van der Waals surface area contributed by atoms with Crippen LogP contribution in [0.1, 0.15) is 5.69 Å². The Balaban J connectivity index is 1.22. The van der Waals surface area contributed by atoms with Crippen molar-refractivity contribution in [1.82, 2.24) is 9.88 Å². The molecular weight excluding hydrogens is 476 g/mol. The molecule has 1 aliphatic heterocycles. The van der Waals surface area contributed by atoms with Gasteiger partial charge in [-0.1, -0.05) is 60.7 Å². The van der Waals surface area contributed by atoms with Crippen molar-refractivity contribution in [2.45, 2.75) is 6.54 Å². The van der Waals surface area contributed by atoms with E-state index in [1.54, 1.807) is 12.1 Å². The second-order valence-corrected chi connectivity index (χ2v) is 9.43. The number of phenolic OH excluding ortho intramolecular Hbond substituents is 1. The number of benzene rings is 4. The first-order chi connectivity index (χ1) is 18.6. The van der Waals surface area contributed by atoms with Gasteiger partial charge in [-0.3, -0.25) is 9.88 Å². The fraction of sp³-hybridized carbons (Fsp3) is 0.161. The zero-order chi connectivity index (χ0) is 25.9. The van der Waals surface area contributed by atoms with Crippen LogP contribution in [0.4, 0.5) is 16.2 Å². The summed E-state index contributed by atoms with van der Waals surface area (Å²) in [4.78, 5) is 20.0. The minimum absolute atomic E-state index is 0.0172. The van der Waals surface area contributed by atoms with E-state index < -0.39 is 6.03 Å². The van der Waals surface area contributed by atoms with Crippen molar-refractivity contribution in [3.05, 3.63) is 96.8 Å². The van der Waals surface area contributed by atoms with E-state index in [0.29, 0.717) is 11.4 Å². The van der Waals surface area contributed by atoms with Crippen LogP contribution >= 0.6 is 0 Å². The van der Waals surface area contributed by atoms with Gasteiger partial charge in [0.25, 0.3) is 0 Å². The van der Waals surface area contributed by atoms with E-state index in [2.05, 4.69) is 27.7 Å². The van der Waals surface area contributed by atoms with Gasteiger partial charge in [0.1, 0.15) is 5.75 Å². The number of nitrogens with zero attached hydrogens (tertiary/aromatic N) is 2. The molecule has 0 radical (unpaired) electrons. The molecule has 6 rings (SSSR count). The van der Waals surface area contributed by atoms with Crippen LogP contribution in [-0.2, 0) is 11.3 Å². The summed E-state index contributed by atoms with van der Waals surface area (Å²) in [6.07, 6.45) is 1.92. The molecule has 1 aliphatic rings. The number of urea groups is 1. The number of morpholine rings is 1. The fourth-order valence-corrected chi connectivity index (χ4v) is 4.93. The van der Waals surface area contributed by atoms with Gasteiger partial charge in [-0.25, -0.2) is 4.79 Å². The zero-order valence-corrected chi connectivity index (χ0v) is 20.9. The molecule has 1 saturated heterocycles. The molecule has 4 aromatic carbocycles. The summed E-state index contributed by atoms with van der Waals surface area (Å²) in [5, 5.41) is 19.9. The highest BCUT2D eigenvalue weighted by Gasteiger charge is 2.14. The van der Waals surface area contributed by atoms with Crippen LogP contribution in [0.2, 0.25) is 0 Å². The van der Waals surface area contributed by atoms with Gasteiger partial charge in [0, 0.05) is 36.8 Å². The SMILES string of the molecule is O=C(Nc1cc2ccccc2cc1O)Nc1ccc(-c2ccc(CN3CCOCC3)nc2)c2ccccc12.